The summed E-state index contributed by atoms with van der Waals surface area (Å²) >= 11 is 6.13. The maximum Gasteiger partial charge on any atom is 0.271 e. The number of rotatable bonds is 7. The molecular weight excluding hydrogens is 438 g/mol. The SMILES string of the molecule is COc1ccc(NS(=O)(=O)c2cccc(C(=O)NN=C(C)c3ccccc3Cl)c2)cc1. The van der Waals surface area contributed by atoms with Crippen molar-refractivity contribution in [1.82, 2.24) is 5.43 Å². The molecule has 160 valence electrons. The number of nitrogens with one attached hydrogen (secondary N) is 2. The lowest BCUT2D eigenvalue weighted by Crippen LogP contribution is -2.20. The van der Waals surface area contributed by atoms with Crippen LogP contribution in [0.3, 0.4) is 0 Å². The molecule has 0 aliphatic rings. The number of methoxy groups -OCH3 is 1. The summed E-state index contributed by atoms with van der Waals surface area (Å²) in [5, 5.41) is 4.57. The Hall–Kier alpha value is -3.36. The zero-order valence-electron chi connectivity index (χ0n) is 16.8. The Bertz CT molecular complexity index is 1230. The van der Waals surface area contributed by atoms with E-state index in [9.17, 15) is 13.2 Å². The van der Waals surface area contributed by atoms with Crippen LogP contribution in [0.15, 0.2) is 82.8 Å². The first-order valence-electron chi connectivity index (χ1n) is 9.16. The van der Waals surface area contributed by atoms with Gasteiger partial charge in [-0.05, 0) is 55.5 Å². The van der Waals surface area contributed by atoms with E-state index >= 15 is 0 Å². The van der Waals surface area contributed by atoms with Crippen LogP contribution in [-0.2, 0) is 10.0 Å². The van der Waals surface area contributed by atoms with E-state index in [0.29, 0.717) is 27.7 Å². The second-order valence-corrected chi connectivity index (χ2v) is 8.57. The van der Waals surface area contributed by atoms with E-state index in [2.05, 4.69) is 15.2 Å². The highest BCUT2D eigenvalue weighted by molar-refractivity contribution is 7.92. The maximum atomic E-state index is 12.7. The summed E-state index contributed by atoms with van der Waals surface area (Å²) in [6.45, 7) is 1.71. The van der Waals surface area contributed by atoms with Crippen molar-refractivity contribution < 1.29 is 17.9 Å². The Morgan fingerprint density at radius 3 is 2.39 bits per heavy atom. The number of hydrazone groups is 1. The molecule has 0 spiro atoms. The van der Waals surface area contributed by atoms with Gasteiger partial charge in [-0.2, -0.15) is 5.10 Å². The van der Waals surface area contributed by atoms with Gasteiger partial charge in [0.05, 0.1) is 17.7 Å². The monoisotopic (exact) mass is 457 g/mol. The molecule has 1 amide bonds. The second-order valence-electron chi connectivity index (χ2n) is 6.48. The fourth-order valence-electron chi connectivity index (χ4n) is 2.69. The zero-order valence-corrected chi connectivity index (χ0v) is 18.4. The van der Waals surface area contributed by atoms with Crippen LogP contribution < -0.4 is 14.9 Å². The Balaban J connectivity index is 1.76. The first kappa shape index (κ1) is 22.3. The van der Waals surface area contributed by atoms with Crippen LogP contribution in [0.5, 0.6) is 5.75 Å². The molecule has 0 bridgehead atoms. The van der Waals surface area contributed by atoms with E-state index in [0.717, 1.165) is 0 Å². The van der Waals surface area contributed by atoms with Crippen molar-refractivity contribution in [1.29, 1.82) is 0 Å². The van der Waals surface area contributed by atoms with Crippen LogP contribution in [-0.4, -0.2) is 27.1 Å². The van der Waals surface area contributed by atoms with Gasteiger partial charge in [0.1, 0.15) is 5.75 Å². The lowest BCUT2D eigenvalue weighted by molar-refractivity contribution is 0.0954. The fourth-order valence-corrected chi connectivity index (χ4v) is 4.07. The second kappa shape index (κ2) is 9.63. The number of amides is 1. The third-order valence-corrected chi connectivity index (χ3v) is 6.05. The molecule has 3 aromatic rings. The van der Waals surface area contributed by atoms with Crippen molar-refractivity contribution in [3.05, 3.63) is 88.9 Å². The summed E-state index contributed by atoms with van der Waals surface area (Å²) < 4.78 is 32.9. The van der Waals surface area contributed by atoms with Gasteiger partial charge in [0.15, 0.2) is 0 Å². The first-order chi connectivity index (χ1) is 14.8. The predicted octanol–water partition coefficient (Wildman–Crippen LogP) is 4.30. The molecule has 7 nitrogen and oxygen atoms in total. The van der Waals surface area contributed by atoms with E-state index in [-0.39, 0.29) is 10.5 Å². The molecule has 0 heterocycles. The largest absolute Gasteiger partial charge is 0.497 e. The summed E-state index contributed by atoms with van der Waals surface area (Å²) in [7, 11) is -2.37. The third-order valence-electron chi connectivity index (χ3n) is 4.34. The summed E-state index contributed by atoms with van der Waals surface area (Å²) in [4.78, 5) is 12.4. The highest BCUT2D eigenvalue weighted by atomic mass is 35.5. The van der Waals surface area contributed by atoms with Gasteiger partial charge in [0.25, 0.3) is 15.9 Å². The van der Waals surface area contributed by atoms with E-state index in [1.54, 1.807) is 49.4 Å². The van der Waals surface area contributed by atoms with E-state index in [4.69, 9.17) is 16.3 Å². The van der Waals surface area contributed by atoms with E-state index in [1.807, 2.05) is 6.07 Å². The van der Waals surface area contributed by atoms with Crippen molar-refractivity contribution in [2.75, 3.05) is 11.8 Å². The van der Waals surface area contributed by atoms with Gasteiger partial charge in [-0.3, -0.25) is 9.52 Å². The number of nitrogens with zero attached hydrogens (tertiary/aromatic N) is 1. The Kier molecular flexibility index (Phi) is 6.94. The van der Waals surface area contributed by atoms with Gasteiger partial charge in [0.2, 0.25) is 0 Å². The predicted molar refractivity (Wildman–Crippen MR) is 121 cm³/mol. The molecule has 0 saturated carbocycles. The van der Waals surface area contributed by atoms with Crippen LogP contribution in [0.2, 0.25) is 5.02 Å². The molecule has 0 aliphatic carbocycles. The smallest absolute Gasteiger partial charge is 0.271 e. The summed E-state index contributed by atoms with van der Waals surface area (Å²) in [6, 6.07) is 19.2. The normalized spacial score (nSPS) is 11.6. The van der Waals surface area contributed by atoms with Crippen molar-refractivity contribution in [2.45, 2.75) is 11.8 Å². The van der Waals surface area contributed by atoms with Crippen LogP contribution in [0.4, 0.5) is 5.69 Å². The Morgan fingerprint density at radius 1 is 1.00 bits per heavy atom. The number of anilines is 1. The molecule has 3 rings (SSSR count). The van der Waals surface area contributed by atoms with Crippen LogP contribution in [0.25, 0.3) is 0 Å². The number of sulfonamides is 1. The van der Waals surface area contributed by atoms with Crippen molar-refractivity contribution in [3.8, 4) is 5.75 Å². The maximum absolute atomic E-state index is 12.7. The summed E-state index contributed by atoms with van der Waals surface area (Å²) in [6.07, 6.45) is 0. The van der Waals surface area contributed by atoms with Crippen LogP contribution in [0, 0.1) is 0 Å². The molecule has 0 aliphatic heterocycles. The van der Waals surface area contributed by atoms with Gasteiger partial charge in [-0.25, -0.2) is 13.8 Å². The van der Waals surface area contributed by atoms with Gasteiger partial charge in [-0.15, -0.1) is 0 Å². The van der Waals surface area contributed by atoms with Crippen LogP contribution >= 0.6 is 11.6 Å². The average molecular weight is 458 g/mol. The highest BCUT2D eigenvalue weighted by Gasteiger charge is 2.17. The van der Waals surface area contributed by atoms with Crippen molar-refractivity contribution >= 4 is 38.9 Å². The van der Waals surface area contributed by atoms with Gasteiger partial charge in [0, 0.05) is 21.8 Å². The first-order valence-corrected chi connectivity index (χ1v) is 11.0. The summed E-state index contributed by atoms with van der Waals surface area (Å²) in [5.74, 6) is 0.0576. The number of ether oxygens (including phenoxy) is 1. The molecular formula is C22H20ClN3O4S. The van der Waals surface area contributed by atoms with E-state index < -0.39 is 15.9 Å². The molecule has 0 atom stereocenters. The Labute approximate surface area is 185 Å². The molecule has 0 aromatic heterocycles. The average Bonchev–Trinajstić information content (AvgIpc) is 2.78. The Morgan fingerprint density at radius 2 is 1.71 bits per heavy atom. The molecule has 0 saturated heterocycles. The quantitative estimate of drug-likeness (QED) is 0.408. The molecule has 2 N–H and O–H groups in total. The fraction of sp³-hybridized carbons (Fsp3) is 0.0909. The summed E-state index contributed by atoms with van der Waals surface area (Å²) in [5.41, 5.74) is 4.15. The lowest BCUT2D eigenvalue weighted by atomic mass is 10.1. The minimum atomic E-state index is -3.89. The molecule has 3 aromatic carbocycles. The molecule has 0 radical (unpaired) electrons. The number of carbonyl (C=O) groups excluding carboxylic acids is 1. The zero-order chi connectivity index (χ0) is 22.4. The standard InChI is InChI=1S/C22H20ClN3O4S/c1-15(20-8-3-4-9-21(20)23)24-25-22(27)16-6-5-7-19(14-16)31(28,29)26-17-10-12-18(30-2)13-11-17/h3-14,26H,1-2H3,(H,25,27). The molecule has 0 fully saturated rings. The van der Waals surface area contributed by atoms with E-state index in [1.165, 1.54) is 31.4 Å². The van der Waals surface area contributed by atoms with Gasteiger partial charge in [-0.1, -0.05) is 35.9 Å². The van der Waals surface area contributed by atoms with Crippen LogP contribution in [0.1, 0.15) is 22.8 Å². The lowest BCUT2D eigenvalue weighted by Gasteiger charge is -2.10. The number of carbonyl (C=O) groups is 1. The van der Waals surface area contributed by atoms with Gasteiger partial charge < -0.3 is 4.74 Å². The number of benzene rings is 3. The molecule has 9 heteroatoms. The number of hydrogen-bond donors (Lipinski definition) is 2. The molecule has 31 heavy (non-hydrogen) atoms. The topological polar surface area (TPSA) is 96.9 Å². The third kappa shape index (κ3) is 5.62. The number of hydrogen-bond acceptors (Lipinski definition) is 5. The number of halogens is 1. The van der Waals surface area contributed by atoms with Gasteiger partial charge >= 0.3 is 0 Å². The van der Waals surface area contributed by atoms with Crippen molar-refractivity contribution in [3.63, 3.8) is 0 Å². The minimum absolute atomic E-state index is 0.0530. The van der Waals surface area contributed by atoms with Crippen molar-refractivity contribution in [2.24, 2.45) is 5.10 Å². The molecule has 0 unspecified atom stereocenters. The highest BCUT2D eigenvalue weighted by Crippen LogP contribution is 2.20. The minimum Gasteiger partial charge on any atom is -0.497 e.